The summed E-state index contributed by atoms with van der Waals surface area (Å²) in [4.78, 5) is 0. The van der Waals surface area contributed by atoms with Crippen molar-refractivity contribution in [3.8, 4) is 0 Å². The summed E-state index contributed by atoms with van der Waals surface area (Å²) >= 11 is 4.55. The van der Waals surface area contributed by atoms with Gasteiger partial charge in [-0.15, -0.1) is 23.7 Å². The van der Waals surface area contributed by atoms with Crippen LogP contribution in [-0.4, -0.2) is 31.9 Å². The molecule has 2 heterocycles. The first kappa shape index (κ1) is 17.4. The molecule has 110 valence electrons. The number of thiophene rings is 1. The van der Waals surface area contributed by atoms with Gasteiger partial charge in [0.05, 0.1) is 3.79 Å². The molecule has 1 aliphatic heterocycles. The third-order valence-electron chi connectivity index (χ3n) is 3.42. The Kier molecular flexibility index (Phi) is 6.28. The number of halogens is 2. The van der Waals surface area contributed by atoms with E-state index in [9.17, 15) is 8.42 Å². The maximum atomic E-state index is 12.6. The van der Waals surface area contributed by atoms with E-state index in [1.54, 1.807) is 16.4 Å². The van der Waals surface area contributed by atoms with Gasteiger partial charge in [-0.2, -0.15) is 4.31 Å². The molecule has 1 aliphatic rings. The van der Waals surface area contributed by atoms with Crippen LogP contribution in [0, 0.1) is 5.92 Å². The van der Waals surface area contributed by atoms with Crippen molar-refractivity contribution >= 4 is 49.7 Å². The Morgan fingerprint density at radius 1 is 1.53 bits per heavy atom. The first-order valence-electron chi connectivity index (χ1n) is 5.94. The van der Waals surface area contributed by atoms with Crippen LogP contribution in [-0.2, 0) is 10.0 Å². The monoisotopic (exact) mass is 388 g/mol. The number of nitrogens with two attached hydrogens (primary N) is 1. The molecule has 0 bridgehead atoms. The second-order valence-electron chi connectivity index (χ2n) is 4.60. The molecule has 0 saturated carbocycles. The zero-order valence-corrected chi connectivity index (χ0v) is 14.6. The molecule has 0 amide bonds. The third-order valence-corrected chi connectivity index (χ3v) is 7.43. The molecule has 1 saturated heterocycles. The van der Waals surface area contributed by atoms with Gasteiger partial charge >= 0.3 is 0 Å². The third kappa shape index (κ3) is 3.51. The molecule has 1 fully saturated rings. The highest BCUT2D eigenvalue weighted by atomic mass is 79.9. The zero-order valence-electron chi connectivity index (χ0n) is 10.6. The summed E-state index contributed by atoms with van der Waals surface area (Å²) in [5.41, 5.74) is 5.75. The Labute approximate surface area is 133 Å². The van der Waals surface area contributed by atoms with Gasteiger partial charge in [-0.25, -0.2) is 8.42 Å². The second kappa shape index (κ2) is 6.87. The number of sulfonamides is 1. The van der Waals surface area contributed by atoms with E-state index >= 15 is 0 Å². The largest absolute Gasteiger partial charge is 0.329 e. The highest BCUT2D eigenvalue weighted by Gasteiger charge is 2.36. The highest BCUT2D eigenvalue weighted by Crippen LogP contribution is 2.33. The molecule has 0 aliphatic carbocycles. The van der Waals surface area contributed by atoms with Gasteiger partial charge in [-0.3, -0.25) is 0 Å². The Morgan fingerprint density at radius 3 is 2.74 bits per heavy atom. The van der Waals surface area contributed by atoms with Crippen molar-refractivity contribution in [3.05, 3.63) is 15.9 Å². The van der Waals surface area contributed by atoms with Crippen LogP contribution in [0.3, 0.4) is 0 Å². The number of nitrogens with zero attached hydrogens (tertiary/aromatic N) is 1. The molecule has 19 heavy (non-hydrogen) atoms. The van der Waals surface area contributed by atoms with E-state index in [0.717, 1.165) is 16.6 Å². The van der Waals surface area contributed by atoms with Crippen LogP contribution in [0.1, 0.15) is 19.8 Å². The van der Waals surface area contributed by atoms with Crippen LogP contribution in [0.25, 0.3) is 0 Å². The average molecular weight is 390 g/mol. The molecule has 4 nitrogen and oxygen atoms in total. The van der Waals surface area contributed by atoms with Crippen molar-refractivity contribution in [2.75, 3.05) is 13.1 Å². The van der Waals surface area contributed by atoms with E-state index in [1.807, 2.05) is 0 Å². The summed E-state index contributed by atoms with van der Waals surface area (Å²) in [5.74, 6) is 0.321. The molecule has 2 N–H and O–H groups in total. The summed E-state index contributed by atoms with van der Waals surface area (Å²) in [6.07, 6.45) is 1.95. The van der Waals surface area contributed by atoms with Gasteiger partial charge in [0.15, 0.2) is 0 Å². The van der Waals surface area contributed by atoms with Gasteiger partial charge in [0.1, 0.15) is 4.21 Å². The number of rotatable bonds is 3. The number of hydrogen-bond acceptors (Lipinski definition) is 4. The van der Waals surface area contributed by atoms with E-state index in [0.29, 0.717) is 23.2 Å². The van der Waals surface area contributed by atoms with E-state index < -0.39 is 10.0 Å². The van der Waals surface area contributed by atoms with Crippen molar-refractivity contribution in [3.63, 3.8) is 0 Å². The minimum absolute atomic E-state index is 0. The molecule has 2 atom stereocenters. The first-order valence-corrected chi connectivity index (χ1v) is 8.99. The summed E-state index contributed by atoms with van der Waals surface area (Å²) in [6, 6.07) is 3.34. The van der Waals surface area contributed by atoms with Crippen molar-refractivity contribution in [1.82, 2.24) is 4.31 Å². The van der Waals surface area contributed by atoms with Crippen LogP contribution in [0.15, 0.2) is 20.1 Å². The molecule has 2 rings (SSSR count). The van der Waals surface area contributed by atoms with Crippen molar-refractivity contribution in [1.29, 1.82) is 0 Å². The van der Waals surface area contributed by atoms with Crippen LogP contribution >= 0.6 is 39.7 Å². The fraction of sp³-hybridized carbons (Fsp3) is 0.636. The van der Waals surface area contributed by atoms with Crippen molar-refractivity contribution in [2.24, 2.45) is 11.7 Å². The normalized spacial score (nSPS) is 25.0. The molecular weight excluding hydrogens is 372 g/mol. The van der Waals surface area contributed by atoms with Crippen LogP contribution in [0.2, 0.25) is 0 Å². The Bertz CT molecular complexity index is 521. The molecule has 8 heteroatoms. The average Bonchev–Trinajstić information content (AvgIpc) is 2.76. The predicted octanol–water partition coefficient (Wildman–Crippen LogP) is 2.68. The maximum absolute atomic E-state index is 12.6. The highest BCUT2D eigenvalue weighted by molar-refractivity contribution is 9.11. The molecule has 1 aromatic rings. The quantitative estimate of drug-likeness (QED) is 0.864. The van der Waals surface area contributed by atoms with Gasteiger partial charge in [-0.05, 0) is 46.8 Å². The second-order valence-corrected chi connectivity index (χ2v) is 9.18. The predicted molar refractivity (Wildman–Crippen MR) is 84.4 cm³/mol. The van der Waals surface area contributed by atoms with Gasteiger partial charge in [-0.1, -0.05) is 6.92 Å². The molecule has 0 spiro atoms. The van der Waals surface area contributed by atoms with Crippen LogP contribution in [0.5, 0.6) is 0 Å². The summed E-state index contributed by atoms with van der Waals surface area (Å²) < 4.78 is 28.0. The Morgan fingerprint density at radius 2 is 2.21 bits per heavy atom. The lowest BCUT2D eigenvalue weighted by molar-refractivity contribution is 0.193. The van der Waals surface area contributed by atoms with Gasteiger partial charge in [0.2, 0.25) is 0 Å². The first-order chi connectivity index (χ1) is 8.46. The number of hydrogen-bond donors (Lipinski definition) is 1. The summed E-state index contributed by atoms with van der Waals surface area (Å²) in [5, 5.41) is 0. The summed E-state index contributed by atoms with van der Waals surface area (Å²) in [7, 11) is -3.39. The molecule has 0 aromatic carbocycles. The Balaban J connectivity index is 0.00000180. The summed E-state index contributed by atoms with van der Waals surface area (Å²) in [6.45, 7) is 3.03. The van der Waals surface area contributed by atoms with Crippen LogP contribution < -0.4 is 5.73 Å². The topological polar surface area (TPSA) is 63.4 Å². The SMILES string of the molecule is CC1CCCN(S(=O)(=O)c2ccc(Br)s2)C1CN.Cl. The Hall–Kier alpha value is 0.340. The molecular formula is C11H18BrClN2O2S2. The van der Waals surface area contributed by atoms with Crippen molar-refractivity contribution < 1.29 is 8.42 Å². The molecule has 1 aromatic heterocycles. The van der Waals surface area contributed by atoms with Crippen LogP contribution in [0.4, 0.5) is 0 Å². The lowest BCUT2D eigenvalue weighted by Crippen LogP contribution is -2.51. The molecule has 2 unspecified atom stereocenters. The van der Waals surface area contributed by atoms with Gasteiger partial charge in [0, 0.05) is 19.1 Å². The van der Waals surface area contributed by atoms with E-state index in [-0.39, 0.29) is 18.4 Å². The minimum Gasteiger partial charge on any atom is -0.329 e. The van der Waals surface area contributed by atoms with Gasteiger partial charge in [0.25, 0.3) is 10.0 Å². The zero-order chi connectivity index (χ0) is 13.3. The number of piperidine rings is 1. The lowest BCUT2D eigenvalue weighted by Gasteiger charge is -2.37. The van der Waals surface area contributed by atoms with Gasteiger partial charge < -0.3 is 5.73 Å². The minimum atomic E-state index is -3.39. The van der Waals surface area contributed by atoms with E-state index in [1.165, 1.54) is 11.3 Å². The standard InChI is InChI=1S/C11H17BrN2O2S2.ClH/c1-8-3-2-6-14(9(8)7-13)18(15,16)11-5-4-10(12)17-11;/h4-5,8-9H,2-3,6-7,13H2,1H3;1H. The van der Waals surface area contributed by atoms with E-state index in [4.69, 9.17) is 5.73 Å². The fourth-order valence-electron chi connectivity index (χ4n) is 2.41. The lowest BCUT2D eigenvalue weighted by atomic mass is 9.93. The molecule has 0 radical (unpaired) electrons. The van der Waals surface area contributed by atoms with E-state index in [2.05, 4.69) is 22.9 Å². The smallest absolute Gasteiger partial charge is 0.252 e. The fourth-order valence-corrected chi connectivity index (χ4v) is 6.32. The van der Waals surface area contributed by atoms with Crippen molar-refractivity contribution in [2.45, 2.75) is 30.0 Å². The maximum Gasteiger partial charge on any atom is 0.252 e.